The van der Waals surface area contributed by atoms with Crippen molar-refractivity contribution in [3.8, 4) is 0 Å². The van der Waals surface area contributed by atoms with E-state index in [4.69, 9.17) is 10.8 Å². The number of nitrogens with one attached hydrogen (secondary N) is 1. The maximum absolute atomic E-state index is 11.1. The van der Waals surface area contributed by atoms with Crippen LogP contribution in [0.3, 0.4) is 0 Å². The van der Waals surface area contributed by atoms with Crippen molar-refractivity contribution in [1.29, 1.82) is 0 Å². The molecule has 0 radical (unpaired) electrons. The van der Waals surface area contributed by atoms with Crippen LogP contribution in [0.4, 0.5) is 5.69 Å². The van der Waals surface area contributed by atoms with Crippen molar-refractivity contribution in [3.05, 3.63) is 29.3 Å². The van der Waals surface area contributed by atoms with Crippen LogP contribution in [0.25, 0.3) is 0 Å². The zero-order valence-electron chi connectivity index (χ0n) is 9.15. The smallest absolute Gasteiger partial charge is 0.325 e. The molecule has 4 N–H and O–H groups in total. The maximum Gasteiger partial charge on any atom is 0.325 e. The number of carbonyl (C=O) groups is 2. The molecule has 1 aromatic carbocycles. The van der Waals surface area contributed by atoms with Crippen molar-refractivity contribution in [1.82, 2.24) is 0 Å². The lowest BCUT2D eigenvalue weighted by molar-refractivity contribution is -0.137. The van der Waals surface area contributed by atoms with Crippen molar-refractivity contribution in [3.63, 3.8) is 0 Å². The first-order chi connectivity index (χ1) is 7.43. The summed E-state index contributed by atoms with van der Waals surface area (Å²) in [6.07, 6.45) is 0. The summed E-state index contributed by atoms with van der Waals surface area (Å²) in [7, 11) is 0. The van der Waals surface area contributed by atoms with E-state index in [2.05, 4.69) is 5.32 Å². The molecule has 1 rings (SSSR count). The molecule has 0 spiro atoms. The predicted octanol–water partition coefficient (Wildman–Crippen LogP) is 0.979. The highest BCUT2D eigenvalue weighted by Crippen LogP contribution is 2.19. The van der Waals surface area contributed by atoms with Gasteiger partial charge < -0.3 is 16.2 Å². The largest absolute Gasteiger partial charge is 0.480 e. The molecule has 0 saturated carbocycles. The second-order valence-corrected chi connectivity index (χ2v) is 3.55. The van der Waals surface area contributed by atoms with Crippen LogP contribution in [0, 0.1) is 6.92 Å². The number of carbonyl (C=O) groups excluding carboxylic acids is 1. The van der Waals surface area contributed by atoms with Crippen LogP contribution in [0.15, 0.2) is 18.2 Å². The highest BCUT2D eigenvalue weighted by Gasteiger charge is 2.13. The summed E-state index contributed by atoms with van der Waals surface area (Å²) in [5.41, 5.74) is 6.84. The quantitative estimate of drug-likeness (QED) is 0.708. The zero-order valence-corrected chi connectivity index (χ0v) is 9.15. The molecule has 1 atom stereocenters. The van der Waals surface area contributed by atoms with Crippen LogP contribution in [0.5, 0.6) is 0 Å². The molecule has 86 valence electrons. The molecule has 0 aliphatic heterocycles. The van der Waals surface area contributed by atoms with Crippen molar-refractivity contribution in [2.75, 3.05) is 5.32 Å². The van der Waals surface area contributed by atoms with Gasteiger partial charge in [-0.2, -0.15) is 0 Å². The average molecular weight is 222 g/mol. The molecule has 1 aromatic rings. The Morgan fingerprint density at radius 2 is 2.06 bits per heavy atom. The SMILES string of the molecule is Cc1c(NC(C)C(=O)O)cccc1C(N)=O. The van der Waals surface area contributed by atoms with Crippen LogP contribution in [-0.2, 0) is 4.79 Å². The zero-order chi connectivity index (χ0) is 12.3. The van der Waals surface area contributed by atoms with Gasteiger partial charge in [-0.3, -0.25) is 9.59 Å². The molecule has 5 heteroatoms. The Kier molecular flexibility index (Phi) is 3.50. The molecule has 0 aliphatic rings. The molecule has 0 saturated heterocycles. The van der Waals surface area contributed by atoms with Crippen LogP contribution in [-0.4, -0.2) is 23.0 Å². The van der Waals surface area contributed by atoms with Crippen molar-refractivity contribution < 1.29 is 14.7 Å². The number of nitrogens with two attached hydrogens (primary N) is 1. The highest BCUT2D eigenvalue weighted by molar-refractivity contribution is 5.96. The van der Waals surface area contributed by atoms with Gasteiger partial charge >= 0.3 is 5.97 Å². The van der Waals surface area contributed by atoms with Gasteiger partial charge in [0.15, 0.2) is 0 Å². The van der Waals surface area contributed by atoms with Gasteiger partial charge in [0.25, 0.3) is 0 Å². The van der Waals surface area contributed by atoms with E-state index in [1.165, 1.54) is 6.92 Å². The second kappa shape index (κ2) is 4.65. The molecular weight excluding hydrogens is 208 g/mol. The molecular formula is C11H14N2O3. The summed E-state index contributed by atoms with van der Waals surface area (Å²) in [4.78, 5) is 21.8. The van der Waals surface area contributed by atoms with Crippen LogP contribution >= 0.6 is 0 Å². The van der Waals surface area contributed by atoms with E-state index in [0.29, 0.717) is 16.8 Å². The molecule has 0 heterocycles. The number of carboxylic acids is 1. The Morgan fingerprint density at radius 3 is 2.56 bits per heavy atom. The van der Waals surface area contributed by atoms with Gasteiger partial charge in [0.05, 0.1) is 0 Å². The van der Waals surface area contributed by atoms with E-state index in [1.54, 1.807) is 25.1 Å². The monoisotopic (exact) mass is 222 g/mol. The lowest BCUT2D eigenvalue weighted by Gasteiger charge is -2.14. The third kappa shape index (κ3) is 2.50. The van der Waals surface area contributed by atoms with Gasteiger partial charge in [-0.05, 0) is 31.5 Å². The van der Waals surface area contributed by atoms with Gasteiger partial charge in [-0.15, -0.1) is 0 Å². The molecule has 1 amide bonds. The number of primary amides is 1. The Bertz CT molecular complexity index is 429. The van der Waals surface area contributed by atoms with Crippen LogP contribution in [0.1, 0.15) is 22.8 Å². The molecule has 0 aliphatic carbocycles. The van der Waals surface area contributed by atoms with E-state index in [9.17, 15) is 9.59 Å². The summed E-state index contributed by atoms with van der Waals surface area (Å²) in [5.74, 6) is -1.48. The van der Waals surface area contributed by atoms with Crippen molar-refractivity contribution >= 4 is 17.6 Å². The molecule has 0 bridgehead atoms. The van der Waals surface area contributed by atoms with Crippen molar-refractivity contribution in [2.24, 2.45) is 5.73 Å². The fourth-order valence-electron chi connectivity index (χ4n) is 1.35. The van der Waals surface area contributed by atoms with Gasteiger partial charge in [0, 0.05) is 11.3 Å². The first kappa shape index (κ1) is 12.0. The lowest BCUT2D eigenvalue weighted by Crippen LogP contribution is -2.26. The topological polar surface area (TPSA) is 92.4 Å². The van der Waals surface area contributed by atoms with E-state index in [-0.39, 0.29) is 0 Å². The van der Waals surface area contributed by atoms with Gasteiger partial charge in [0.2, 0.25) is 5.91 Å². The maximum atomic E-state index is 11.1. The summed E-state index contributed by atoms with van der Waals surface area (Å²) < 4.78 is 0. The number of carboxylic acid groups (broad SMARTS) is 1. The summed E-state index contributed by atoms with van der Waals surface area (Å²) in [5, 5.41) is 11.6. The number of hydrogen-bond donors (Lipinski definition) is 3. The van der Waals surface area contributed by atoms with E-state index < -0.39 is 17.9 Å². The number of hydrogen-bond acceptors (Lipinski definition) is 3. The standard InChI is InChI=1S/C11H14N2O3/c1-6-8(10(12)14)4-3-5-9(6)13-7(2)11(15)16/h3-5,7,13H,1-2H3,(H2,12,14)(H,15,16). The van der Waals surface area contributed by atoms with Gasteiger partial charge in [0.1, 0.15) is 6.04 Å². The fraction of sp³-hybridized carbons (Fsp3) is 0.273. The first-order valence-corrected chi connectivity index (χ1v) is 4.82. The Hall–Kier alpha value is -2.04. The van der Waals surface area contributed by atoms with Crippen LogP contribution < -0.4 is 11.1 Å². The van der Waals surface area contributed by atoms with Gasteiger partial charge in [-0.1, -0.05) is 6.07 Å². The summed E-state index contributed by atoms with van der Waals surface area (Å²) >= 11 is 0. The Morgan fingerprint density at radius 1 is 1.44 bits per heavy atom. The predicted molar refractivity (Wildman–Crippen MR) is 60.4 cm³/mol. The first-order valence-electron chi connectivity index (χ1n) is 4.82. The minimum absolute atomic E-state index is 0.391. The van der Waals surface area contributed by atoms with E-state index in [1.807, 2.05) is 0 Å². The Balaban J connectivity index is 3.02. The normalized spacial score (nSPS) is 11.9. The lowest BCUT2D eigenvalue weighted by atomic mass is 10.1. The van der Waals surface area contributed by atoms with E-state index in [0.717, 1.165) is 0 Å². The number of rotatable bonds is 4. The number of amides is 1. The highest BCUT2D eigenvalue weighted by atomic mass is 16.4. The number of benzene rings is 1. The van der Waals surface area contributed by atoms with E-state index >= 15 is 0 Å². The fourth-order valence-corrected chi connectivity index (χ4v) is 1.35. The molecule has 16 heavy (non-hydrogen) atoms. The average Bonchev–Trinajstić information content (AvgIpc) is 2.20. The van der Waals surface area contributed by atoms with Crippen LogP contribution in [0.2, 0.25) is 0 Å². The number of aliphatic carboxylic acids is 1. The minimum Gasteiger partial charge on any atom is -0.480 e. The molecule has 0 fully saturated rings. The Labute approximate surface area is 93.3 Å². The third-order valence-corrected chi connectivity index (χ3v) is 2.34. The molecule has 0 aromatic heterocycles. The third-order valence-electron chi connectivity index (χ3n) is 2.34. The summed E-state index contributed by atoms with van der Waals surface area (Å²) in [6, 6.07) is 4.25. The molecule has 5 nitrogen and oxygen atoms in total. The van der Waals surface area contributed by atoms with Gasteiger partial charge in [-0.25, -0.2) is 0 Å². The minimum atomic E-state index is -0.955. The second-order valence-electron chi connectivity index (χ2n) is 3.55. The van der Waals surface area contributed by atoms with Crippen molar-refractivity contribution in [2.45, 2.75) is 19.9 Å². The number of anilines is 1. The molecule has 1 unspecified atom stereocenters. The summed E-state index contributed by atoms with van der Waals surface area (Å²) in [6.45, 7) is 3.25.